The van der Waals surface area contributed by atoms with Crippen molar-refractivity contribution in [1.82, 2.24) is 0 Å². The van der Waals surface area contributed by atoms with Crippen LogP contribution in [0.25, 0.3) is 0 Å². The number of hydrogen-bond donors (Lipinski definition) is 1. The van der Waals surface area contributed by atoms with E-state index in [1.165, 1.54) is 0 Å². The molecule has 0 saturated heterocycles. The highest BCUT2D eigenvalue weighted by atomic mass is 16.6. The second kappa shape index (κ2) is 11.2. The standard InChI is InChI=1S/C31H32O4/c1-2-19-31(20-18-23-12-6-3-7-13-23)29(33)28(32)27(30(34)35-31)26(21-24-14-8-4-9-15-24)22-25-16-10-5-11-17-25/h3-17,26,32H,2,18-22H2,1H3. The normalized spacial score (nSPS) is 18.1. The first-order valence-corrected chi connectivity index (χ1v) is 12.4. The molecule has 0 radical (unpaired) electrons. The molecule has 0 spiro atoms. The number of carbonyl (C=O) groups is 2. The molecular weight excluding hydrogens is 436 g/mol. The number of carbonyl (C=O) groups excluding carboxylic acids is 2. The summed E-state index contributed by atoms with van der Waals surface area (Å²) in [6.07, 6.45) is 3.00. The molecule has 3 aromatic carbocycles. The number of ketones is 1. The van der Waals surface area contributed by atoms with Crippen molar-refractivity contribution >= 4 is 11.8 Å². The van der Waals surface area contributed by atoms with Gasteiger partial charge in [0.25, 0.3) is 0 Å². The van der Waals surface area contributed by atoms with Gasteiger partial charge in [0.1, 0.15) is 0 Å². The highest BCUT2D eigenvalue weighted by Gasteiger charge is 2.50. The Hall–Kier alpha value is -3.66. The van der Waals surface area contributed by atoms with Crippen molar-refractivity contribution in [3.63, 3.8) is 0 Å². The fourth-order valence-electron chi connectivity index (χ4n) is 5.00. The van der Waals surface area contributed by atoms with E-state index in [9.17, 15) is 14.7 Å². The Kier molecular flexibility index (Phi) is 7.81. The SMILES string of the molecule is CCCC1(CCc2ccccc2)OC(=O)C(C(Cc2ccccc2)Cc2ccccc2)=C(O)C1=O. The molecule has 3 aromatic rings. The lowest BCUT2D eigenvalue weighted by molar-refractivity contribution is -0.169. The molecule has 0 fully saturated rings. The molecule has 1 unspecified atom stereocenters. The van der Waals surface area contributed by atoms with Gasteiger partial charge in [-0.1, -0.05) is 104 Å². The predicted octanol–water partition coefficient (Wildman–Crippen LogP) is 6.20. The minimum Gasteiger partial charge on any atom is -0.504 e. The molecule has 180 valence electrons. The molecule has 1 heterocycles. The zero-order valence-electron chi connectivity index (χ0n) is 20.2. The molecule has 1 aliphatic heterocycles. The number of aliphatic hydroxyl groups excluding tert-OH is 1. The van der Waals surface area contributed by atoms with E-state index in [1.807, 2.05) is 97.9 Å². The van der Waals surface area contributed by atoms with E-state index >= 15 is 0 Å². The second-order valence-electron chi connectivity index (χ2n) is 9.29. The quantitative estimate of drug-likeness (QED) is 0.360. The first-order chi connectivity index (χ1) is 17.0. The Morgan fingerprint density at radius 1 is 0.743 bits per heavy atom. The zero-order chi connectivity index (χ0) is 24.7. The Bertz CT molecular complexity index is 1130. The van der Waals surface area contributed by atoms with Gasteiger partial charge in [0.15, 0.2) is 11.4 Å². The zero-order valence-corrected chi connectivity index (χ0v) is 20.2. The molecule has 35 heavy (non-hydrogen) atoms. The minimum atomic E-state index is -1.33. The van der Waals surface area contributed by atoms with Gasteiger partial charge in [-0.15, -0.1) is 0 Å². The number of rotatable bonds is 10. The topological polar surface area (TPSA) is 63.6 Å². The summed E-state index contributed by atoms with van der Waals surface area (Å²) in [7, 11) is 0. The van der Waals surface area contributed by atoms with Crippen LogP contribution >= 0.6 is 0 Å². The van der Waals surface area contributed by atoms with Crippen LogP contribution in [-0.4, -0.2) is 22.5 Å². The maximum absolute atomic E-state index is 13.6. The van der Waals surface area contributed by atoms with Crippen molar-refractivity contribution < 1.29 is 19.4 Å². The first-order valence-electron chi connectivity index (χ1n) is 12.4. The van der Waals surface area contributed by atoms with Crippen LogP contribution in [0.4, 0.5) is 0 Å². The van der Waals surface area contributed by atoms with Crippen LogP contribution in [0.5, 0.6) is 0 Å². The lowest BCUT2D eigenvalue weighted by Crippen LogP contribution is -2.50. The highest BCUT2D eigenvalue weighted by molar-refractivity contribution is 6.11. The molecule has 1 aliphatic rings. The molecule has 4 rings (SSSR count). The van der Waals surface area contributed by atoms with Gasteiger partial charge >= 0.3 is 5.97 Å². The summed E-state index contributed by atoms with van der Waals surface area (Å²) in [5.41, 5.74) is 1.88. The molecule has 0 bridgehead atoms. The molecule has 0 aliphatic carbocycles. The number of hydrogen-bond acceptors (Lipinski definition) is 4. The Morgan fingerprint density at radius 2 is 1.23 bits per heavy atom. The van der Waals surface area contributed by atoms with Gasteiger partial charge in [-0.3, -0.25) is 4.79 Å². The number of Topliss-reactive ketones (excluding diaryl/α,β-unsaturated/α-hetero) is 1. The van der Waals surface area contributed by atoms with Gasteiger partial charge < -0.3 is 9.84 Å². The monoisotopic (exact) mass is 468 g/mol. The van der Waals surface area contributed by atoms with Crippen LogP contribution in [0.1, 0.15) is 42.9 Å². The summed E-state index contributed by atoms with van der Waals surface area (Å²) in [6.45, 7) is 1.95. The van der Waals surface area contributed by atoms with Gasteiger partial charge in [-0.05, 0) is 48.8 Å². The van der Waals surface area contributed by atoms with Crippen molar-refractivity contribution in [2.45, 2.75) is 51.0 Å². The van der Waals surface area contributed by atoms with Gasteiger partial charge in [-0.25, -0.2) is 4.79 Å². The fourth-order valence-corrected chi connectivity index (χ4v) is 5.00. The highest BCUT2D eigenvalue weighted by Crippen LogP contribution is 2.37. The minimum absolute atomic E-state index is 0.0918. The number of cyclic esters (lactones) is 1. The second-order valence-corrected chi connectivity index (χ2v) is 9.29. The molecule has 0 saturated carbocycles. The maximum atomic E-state index is 13.6. The number of esters is 1. The Balaban J connectivity index is 1.67. The van der Waals surface area contributed by atoms with Gasteiger partial charge in [0, 0.05) is 5.92 Å². The molecule has 1 N–H and O–H groups in total. The van der Waals surface area contributed by atoms with E-state index in [0.29, 0.717) is 38.5 Å². The van der Waals surface area contributed by atoms with E-state index in [0.717, 1.165) is 16.7 Å². The third-order valence-electron chi connectivity index (χ3n) is 6.76. The van der Waals surface area contributed by atoms with Crippen molar-refractivity contribution in [1.29, 1.82) is 0 Å². The lowest BCUT2D eigenvalue weighted by atomic mass is 9.78. The molecule has 0 aromatic heterocycles. The summed E-state index contributed by atoms with van der Waals surface area (Å²) in [5.74, 6) is -1.87. The third-order valence-corrected chi connectivity index (χ3v) is 6.76. The van der Waals surface area contributed by atoms with Gasteiger partial charge in [0.2, 0.25) is 5.78 Å². The smallest absolute Gasteiger partial charge is 0.339 e. The van der Waals surface area contributed by atoms with Crippen LogP contribution < -0.4 is 0 Å². The molecule has 4 nitrogen and oxygen atoms in total. The fraction of sp³-hybridized carbons (Fsp3) is 0.290. The molecule has 4 heteroatoms. The number of benzene rings is 3. The van der Waals surface area contributed by atoms with Crippen LogP contribution in [0.2, 0.25) is 0 Å². The Morgan fingerprint density at radius 3 is 1.71 bits per heavy atom. The number of ether oxygens (including phenoxy) is 1. The van der Waals surface area contributed by atoms with E-state index in [2.05, 4.69) is 0 Å². The van der Waals surface area contributed by atoms with Crippen molar-refractivity contribution in [2.24, 2.45) is 5.92 Å². The van der Waals surface area contributed by atoms with Crippen LogP contribution in [0.15, 0.2) is 102 Å². The lowest BCUT2D eigenvalue weighted by Gasteiger charge is -2.37. The summed E-state index contributed by atoms with van der Waals surface area (Å²) in [5, 5.41) is 11.2. The summed E-state index contributed by atoms with van der Waals surface area (Å²) >= 11 is 0. The van der Waals surface area contributed by atoms with E-state index in [4.69, 9.17) is 4.74 Å². The number of aryl methyl sites for hydroxylation is 1. The molecular formula is C31H32O4. The average molecular weight is 469 g/mol. The number of aliphatic hydroxyl groups is 1. The van der Waals surface area contributed by atoms with Crippen molar-refractivity contribution in [3.8, 4) is 0 Å². The summed E-state index contributed by atoms with van der Waals surface area (Å²) in [6, 6.07) is 29.5. The van der Waals surface area contributed by atoms with E-state index < -0.39 is 23.1 Å². The average Bonchev–Trinajstić information content (AvgIpc) is 2.88. The third kappa shape index (κ3) is 5.71. The predicted molar refractivity (Wildman–Crippen MR) is 137 cm³/mol. The first kappa shape index (κ1) is 24.5. The van der Waals surface area contributed by atoms with Crippen LogP contribution in [-0.2, 0) is 33.6 Å². The van der Waals surface area contributed by atoms with Gasteiger partial charge in [0.05, 0.1) is 5.57 Å². The Labute approximate surface area is 207 Å². The van der Waals surface area contributed by atoms with Crippen LogP contribution in [0, 0.1) is 5.92 Å². The summed E-state index contributed by atoms with van der Waals surface area (Å²) < 4.78 is 5.98. The molecule has 1 atom stereocenters. The van der Waals surface area contributed by atoms with Gasteiger partial charge in [-0.2, -0.15) is 0 Å². The largest absolute Gasteiger partial charge is 0.504 e. The van der Waals surface area contributed by atoms with E-state index in [-0.39, 0.29) is 11.5 Å². The van der Waals surface area contributed by atoms with E-state index in [1.54, 1.807) is 0 Å². The van der Waals surface area contributed by atoms with Crippen LogP contribution in [0.3, 0.4) is 0 Å². The van der Waals surface area contributed by atoms with Crippen molar-refractivity contribution in [3.05, 3.63) is 119 Å². The van der Waals surface area contributed by atoms with Crippen molar-refractivity contribution in [2.75, 3.05) is 0 Å². The maximum Gasteiger partial charge on any atom is 0.339 e. The molecule has 0 amide bonds. The summed E-state index contributed by atoms with van der Waals surface area (Å²) in [4.78, 5) is 27.1.